The molecule has 0 aromatic carbocycles. The fourth-order valence-electron chi connectivity index (χ4n) is 0.738. The zero-order chi connectivity index (χ0) is 8.15. The first-order valence-corrected chi connectivity index (χ1v) is 4.54. The number of rotatable bonds is 4. The van der Waals surface area contributed by atoms with E-state index in [1.807, 2.05) is 0 Å². The van der Waals surface area contributed by atoms with Crippen molar-refractivity contribution in [2.45, 2.75) is 26.3 Å². The summed E-state index contributed by atoms with van der Waals surface area (Å²) in [4.78, 5) is 10.9. The van der Waals surface area contributed by atoms with Crippen molar-refractivity contribution in [2.24, 2.45) is 11.7 Å². The molecule has 2 N–H and O–H groups in total. The number of halogens is 2. The summed E-state index contributed by atoms with van der Waals surface area (Å²) in [5.41, 5.74) is 5.55. The van der Waals surface area contributed by atoms with E-state index in [0.717, 1.165) is 6.42 Å². The lowest BCUT2D eigenvalue weighted by atomic mass is 10.0. The van der Waals surface area contributed by atoms with Crippen molar-refractivity contribution >= 4 is 38.7 Å². The fraction of sp³-hybridized carbons (Fsp3) is 0.857. The zero-order valence-corrected chi connectivity index (χ0v) is 10.1. The van der Waals surface area contributed by atoms with Gasteiger partial charge in [0.2, 0.25) is 0 Å². The molecule has 0 spiro atoms. The van der Waals surface area contributed by atoms with E-state index >= 15 is 0 Å². The Morgan fingerprint density at radius 2 is 2.00 bits per heavy atom. The van der Waals surface area contributed by atoms with Crippen LogP contribution >= 0.6 is 32.9 Å². The van der Waals surface area contributed by atoms with E-state index in [2.05, 4.69) is 29.8 Å². The molecule has 11 heavy (non-hydrogen) atoms. The monoisotopic (exact) mass is 287 g/mol. The fourth-order valence-corrected chi connectivity index (χ4v) is 1.15. The van der Waals surface area contributed by atoms with Crippen molar-refractivity contribution in [3.63, 3.8) is 0 Å². The molecule has 0 aromatic heterocycles. The highest BCUT2D eigenvalue weighted by atomic mass is 79.9. The normalized spacial score (nSPS) is 12.5. The van der Waals surface area contributed by atoms with Crippen LogP contribution in [0.2, 0.25) is 0 Å². The minimum atomic E-state index is -0.278. The average molecular weight is 289 g/mol. The lowest BCUT2D eigenvalue weighted by Crippen LogP contribution is -2.32. The number of carbonyl (C=O) groups excluding carboxylic acids is 1. The van der Waals surface area contributed by atoms with Gasteiger partial charge >= 0.3 is 0 Å². The van der Waals surface area contributed by atoms with Crippen LogP contribution in [-0.2, 0) is 4.79 Å². The largest absolute Gasteiger partial charge is 0.321 e. The highest BCUT2D eigenvalue weighted by Gasteiger charge is 2.12. The molecule has 0 fully saturated rings. The first kappa shape index (κ1) is 14.1. The molecule has 0 rings (SSSR count). The van der Waals surface area contributed by atoms with Crippen molar-refractivity contribution in [1.82, 2.24) is 0 Å². The lowest BCUT2D eigenvalue weighted by Gasteiger charge is -2.10. The molecule has 0 aliphatic carbocycles. The van der Waals surface area contributed by atoms with Crippen LogP contribution in [0.25, 0.3) is 0 Å². The Balaban J connectivity index is 0. The molecular weight excluding hydrogens is 274 g/mol. The second kappa shape index (κ2) is 7.25. The third-order valence-corrected chi connectivity index (χ3v) is 1.82. The van der Waals surface area contributed by atoms with Crippen LogP contribution in [-0.4, -0.2) is 17.2 Å². The minimum Gasteiger partial charge on any atom is -0.321 e. The Morgan fingerprint density at radius 1 is 1.55 bits per heavy atom. The molecule has 0 bridgehead atoms. The van der Waals surface area contributed by atoms with Gasteiger partial charge in [-0.3, -0.25) is 4.79 Å². The van der Waals surface area contributed by atoms with Crippen LogP contribution in [0.1, 0.15) is 20.3 Å². The van der Waals surface area contributed by atoms with Crippen LogP contribution in [0.4, 0.5) is 0 Å². The van der Waals surface area contributed by atoms with E-state index in [1.54, 1.807) is 0 Å². The van der Waals surface area contributed by atoms with Gasteiger partial charge < -0.3 is 5.73 Å². The van der Waals surface area contributed by atoms with Gasteiger partial charge in [0.25, 0.3) is 0 Å². The summed E-state index contributed by atoms with van der Waals surface area (Å²) in [5.74, 6) is 0.590. The van der Waals surface area contributed by atoms with Crippen molar-refractivity contribution in [3.8, 4) is 0 Å². The average Bonchev–Trinajstić information content (AvgIpc) is 1.85. The molecule has 0 saturated heterocycles. The SMILES string of the molecule is Br.CC(C)C[C@H](N)C(=O)CBr. The van der Waals surface area contributed by atoms with Gasteiger partial charge in [0.05, 0.1) is 11.4 Å². The Kier molecular flexibility index (Phi) is 9.32. The molecule has 0 aromatic rings. The van der Waals surface area contributed by atoms with Crippen LogP contribution in [0.5, 0.6) is 0 Å². The third-order valence-electron chi connectivity index (χ3n) is 1.27. The molecule has 0 aliphatic heterocycles. The molecular formula is C7H15Br2NO. The molecule has 2 nitrogen and oxygen atoms in total. The second-order valence-electron chi connectivity index (χ2n) is 2.84. The second-order valence-corrected chi connectivity index (χ2v) is 3.40. The highest BCUT2D eigenvalue weighted by Crippen LogP contribution is 2.04. The number of carbonyl (C=O) groups is 1. The summed E-state index contributed by atoms with van der Waals surface area (Å²) in [6.45, 7) is 4.11. The van der Waals surface area contributed by atoms with Crippen LogP contribution in [0.15, 0.2) is 0 Å². The van der Waals surface area contributed by atoms with Gasteiger partial charge in [0.1, 0.15) is 0 Å². The number of nitrogens with two attached hydrogens (primary N) is 1. The molecule has 0 unspecified atom stereocenters. The van der Waals surface area contributed by atoms with Gasteiger partial charge in [-0.1, -0.05) is 29.8 Å². The van der Waals surface area contributed by atoms with Crippen molar-refractivity contribution in [3.05, 3.63) is 0 Å². The van der Waals surface area contributed by atoms with Crippen molar-refractivity contribution in [2.75, 3.05) is 5.33 Å². The minimum absolute atomic E-state index is 0. The summed E-state index contributed by atoms with van der Waals surface area (Å²) in [5, 5.41) is 0.376. The smallest absolute Gasteiger partial charge is 0.160 e. The molecule has 0 saturated carbocycles. The molecule has 0 radical (unpaired) electrons. The summed E-state index contributed by atoms with van der Waals surface area (Å²) in [6.07, 6.45) is 0.782. The van der Waals surface area contributed by atoms with Gasteiger partial charge in [0, 0.05) is 0 Å². The predicted octanol–water partition coefficient (Wildman–Crippen LogP) is 1.90. The van der Waals surface area contributed by atoms with Crippen LogP contribution in [0, 0.1) is 5.92 Å². The molecule has 0 amide bonds. The number of Topliss-reactive ketones (excluding diaryl/α,β-unsaturated/α-hetero) is 1. The van der Waals surface area contributed by atoms with Crippen molar-refractivity contribution < 1.29 is 4.79 Å². The van der Waals surface area contributed by atoms with Gasteiger partial charge in [0.15, 0.2) is 5.78 Å². The Morgan fingerprint density at radius 3 is 2.27 bits per heavy atom. The summed E-state index contributed by atoms with van der Waals surface area (Å²) >= 11 is 3.08. The standard InChI is InChI=1S/C7H14BrNO.BrH/c1-5(2)3-6(9)7(10)4-8;/h5-6H,3-4,9H2,1-2H3;1H/t6-;/m0./s1. The lowest BCUT2D eigenvalue weighted by molar-refractivity contribution is -0.118. The topological polar surface area (TPSA) is 43.1 Å². The zero-order valence-electron chi connectivity index (χ0n) is 6.84. The third kappa shape index (κ3) is 6.97. The maximum absolute atomic E-state index is 10.9. The van der Waals surface area contributed by atoms with Crippen LogP contribution in [0.3, 0.4) is 0 Å². The molecule has 68 valence electrons. The first-order chi connectivity index (χ1) is 4.57. The van der Waals surface area contributed by atoms with E-state index in [-0.39, 0.29) is 28.8 Å². The predicted molar refractivity (Wildman–Crippen MR) is 56.6 cm³/mol. The highest BCUT2D eigenvalue weighted by molar-refractivity contribution is 9.09. The Hall–Kier alpha value is 0.590. The summed E-state index contributed by atoms with van der Waals surface area (Å²) < 4.78 is 0. The Labute approximate surface area is 86.8 Å². The van der Waals surface area contributed by atoms with E-state index in [4.69, 9.17) is 5.73 Å². The molecule has 1 atom stereocenters. The van der Waals surface area contributed by atoms with E-state index < -0.39 is 0 Å². The van der Waals surface area contributed by atoms with Gasteiger partial charge in [-0.25, -0.2) is 0 Å². The maximum Gasteiger partial charge on any atom is 0.160 e. The Bertz CT molecular complexity index is 117. The summed E-state index contributed by atoms with van der Waals surface area (Å²) in [6, 6.07) is -0.278. The number of alkyl halides is 1. The number of ketones is 1. The first-order valence-electron chi connectivity index (χ1n) is 3.42. The molecule has 0 aliphatic rings. The van der Waals surface area contributed by atoms with E-state index in [1.165, 1.54) is 0 Å². The quantitative estimate of drug-likeness (QED) is 0.803. The van der Waals surface area contributed by atoms with Gasteiger partial charge in [-0.15, -0.1) is 17.0 Å². The van der Waals surface area contributed by atoms with Gasteiger partial charge in [-0.2, -0.15) is 0 Å². The van der Waals surface area contributed by atoms with E-state index in [0.29, 0.717) is 11.2 Å². The van der Waals surface area contributed by atoms with Crippen molar-refractivity contribution in [1.29, 1.82) is 0 Å². The summed E-state index contributed by atoms with van der Waals surface area (Å²) in [7, 11) is 0. The van der Waals surface area contributed by atoms with E-state index in [9.17, 15) is 4.79 Å². The maximum atomic E-state index is 10.9. The number of hydrogen-bond acceptors (Lipinski definition) is 2. The number of hydrogen-bond donors (Lipinski definition) is 1. The molecule has 0 heterocycles. The van der Waals surface area contributed by atoms with Gasteiger partial charge in [-0.05, 0) is 12.3 Å². The van der Waals surface area contributed by atoms with Crippen LogP contribution < -0.4 is 5.73 Å². The molecule has 4 heteroatoms.